The molecular weight excluding hydrogens is 1110 g/mol. The van der Waals surface area contributed by atoms with Gasteiger partial charge in [-0.3, -0.25) is 0 Å². The average Bonchev–Trinajstić information content (AvgIpc) is 3.44. The summed E-state index contributed by atoms with van der Waals surface area (Å²) in [6.07, 6.45) is 88.9. The van der Waals surface area contributed by atoms with E-state index in [4.69, 9.17) is 11.4 Å². The first-order chi connectivity index (χ1) is 38.2. The number of rotatable bonds is 72. The minimum atomic E-state index is -4.36. The minimum absolute atomic E-state index is 0.747. The molecule has 0 aliphatic rings. The summed E-state index contributed by atoms with van der Waals surface area (Å²) in [7, 11) is 0. The maximum atomic E-state index is 6.89. The molecule has 0 unspecified atom stereocenters. The molecule has 0 aromatic carbocycles. The van der Waals surface area contributed by atoms with Crippen LogP contribution in [0.3, 0.4) is 0 Å². The molecule has 0 aliphatic heterocycles. The van der Waals surface area contributed by atoms with Crippen LogP contribution in [0.25, 0.3) is 0 Å². The molecule has 0 fully saturated rings. The van der Waals surface area contributed by atoms with Crippen LogP contribution in [-0.4, -0.2) is 26.4 Å². The van der Waals surface area contributed by atoms with Crippen molar-refractivity contribution in [2.24, 2.45) is 0 Å². The van der Waals surface area contributed by atoms with Gasteiger partial charge in [0.15, 0.2) is 0 Å². The van der Waals surface area contributed by atoms with Crippen molar-refractivity contribution >= 4 is 0 Å². The molecule has 0 atom stereocenters. The smallest absolute Gasteiger partial charge is 0.0654 e. The Morgan fingerprint density at radius 2 is 0.221 bits per heavy atom. The summed E-state index contributed by atoms with van der Waals surface area (Å²) in [6, 6.07) is 0. The Morgan fingerprint density at radius 3 is 0.325 bits per heavy atom. The van der Waals surface area contributed by atoms with Gasteiger partial charge in [-0.1, -0.05) is 182 Å². The van der Waals surface area contributed by atoms with Crippen LogP contribution in [0.4, 0.5) is 0 Å². The SMILES string of the molecule is CCCCCCCCCCCCCCCCCC[O][Hf]([O]CCCCCCCCCCCCCCCCCC)([O]CCCCCCCCCCCCCCCCCC)[O]CCCCCCCCCCCCCCCCCC. The number of unbranched alkanes of at least 4 members (excludes halogenated alkanes) is 60. The van der Waals surface area contributed by atoms with Crippen molar-refractivity contribution < 1.29 is 33.1 Å². The molecule has 0 bridgehead atoms. The van der Waals surface area contributed by atoms with Crippen molar-refractivity contribution in [2.45, 2.75) is 439 Å². The monoisotopic (exact) mass is 1260 g/mol. The van der Waals surface area contributed by atoms with Crippen LogP contribution in [0.1, 0.15) is 439 Å². The maximum absolute atomic E-state index is 6.89. The summed E-state index contributed by atoms with van der Waals surface area (Å²) in [6.45, 7) is 12.3. The molecule has 0 rings (SSSR count). The predicted molar refractivity (Wildman–Crippen MR) is 342 cm³/mol. The van der Waals surface area contributed by atoms with E-state index in [2.05, 4.69) is 27.7 Å². The van der Waals surface area contributed by atoms with E-state index in [9.17, 15) is 0 Å². The van der Waals surface area contributed by atoms with Crippen molar-refractivity contribution in [3.63, 3.8) is 0 Å². The molecule has 0 saturated carbocycles. The quantitative estimate of drug-likeness (QED) is 0.0449. The third-order valence-corrected chi connectivity index (χ3v) is 25.1. The molecular formula is C72H148HfO4. The Bertz CT molecular complexity index is 851. The summed E-state index contributed by atoms with van der Waals surface area (Å²) < 4.78 is 27.6. The van der Waals surface area contributed by atoms with Crippen molar-refractivity contribution in [1.29, 1.82) is 0 Å². The summed E-state index contributed by atoms with van der Waals surface area (Å²) >= 11 is -4.36. The van der Waals surface area contributed by atoms with Crippen molar-refractivity contribution in [1.82, 2.24) is 0 Å². The predicted octanol–water partition coefficient (Wildman–Crippen LogP) is 26.9. The van der Waals surface area contributed by atoms with E-state index in [0.717, 1.165) is 52.1 Å². The Hall–Kier alpha value is 0.710. The molecule has 0 radical (unpaired) electrons. The zero-order valence-electron chi connectivity index (χ0n) is 54.2. The van der Waals surface area contributed by atoms with Crippen LogP contribution in [0, 0.1) is 0 Å². The first-order valence-electron chi connectivity index (χ1n) is 36.8. The van der Waals surface area contributed by atoms with Gasteiger partial charge in [0, 0.05) is 0 Å². The molecule has 0 aliphatic carbocycles. The van der Waals surface area contributed by atoms with Gasteiger partial charge in [-0.05, 0) is 0 Å². The number of hydrogen-bond acceptors (Lipinski definition) is 4. The second-order valence-corrected chi connectivity index (χ2v) is 32.8. The summed E-state index contributed by atoms with van der Waals surface area (Å²) in [4.78, 5) is 0. The van der Waals surface area contributed by atoms with Crippen LogP contribution >= 0.6 is 0 Å². The molecule has 0 saturated heterocycles. The van der Waals surface area contributed by atoms with Crippen molar-refractivity contribution in [3.05, 3.63) is 0 Å². The van der Waals surface area contributed by atoms with E-state index >= 15 is 0 Å². The van der Waals surface area contributed by atoms with E-state index in [1.807, 2.05) is 0 Å². The fourth-order valence-electron chi connectivity index (χ4n) is 11.6. The molecule has 464 valence electrons. The summed E-state index contributed by atoms with van der Waals surface area (Å²) in [5.74, 6) is 0. The van der Waals surface area contributed by atoms with Gasteiger partial charge in [0.2, 0.25) is 0 Å². The summed E-state index contributed by atoms with van der Waals surface area (Å²) in [5.41, 5.74) is 0. The fourth-order valence-corrected chi connectivity index (χ4v) is 19.1. The van der Waals surface area contributed by atoms with Crippen LogP contribution in [-0.2, 0) is 33.1 Å². The van der Waals surface area contributed by atoms with E-state index in [0.29, 0.717) is 0 Å². The fraction of sp³-hybridized carbons (Fsp3) is 1.00. The van der Waals surface area contributed by atoms with Crippen LogP contribution in [0.2, 0.25) is 0 Å². The minimum Gasteiger partial charge on any atom is -0.0654 e. The van der Waals surface area contributed by atoms with Crippen molar-refractivity contribution in [3.8, 4) is 0 Å². The molecule has 77 heavy (non-hydrogen) atoms. The zero-order valence-corrected chi connectivity index (χ0v) is 57.8. The van der Waals surface area contributed by atoms with Crippen LogP contribution in [0.15, 0.2) is 0 Å². The van der Waals surface area contributed by atoms with Gasteiger partial charge in [0.25, 0.3) is 0 Å². The molecule has 0 N–H and O–H groups in total. The zero-order chi connectivity index (χ0) is 55.4. The van der Waals surface area contributed by atoms with E-state index in [-0.39, 0.29) is 0 Å². The first kappa shape index (κ1) is 77.7. The average molecular weight is 1260 g/mol. The normalized spacial score (nSPS) is 12.0. The van der Waals surface area contributed by atoms with Gasteiger partial charge >= 0.3 is 316 Å². The summed E-state index contributed by atoms with van der Waals surface area (Å²) in [5, 5.41) is 0. The van der Waals surface area contributed by atoms with E-state index < -0.39 is 21.7 Å². The second-order valence-electron chi connectivity index (χ2n) is 25.1. The molecule has 0 amide bonds. The van der Waals surface area contributed by atoms with Crippen molar-refractivity contribution in [2.75, 3.05) is 26.4 Å². The van der Waals surface area contributed by atoms with Gasteiger partial charge in [-0.2, -0.15) is 0 Å². The van der Waals surface area contributed by atoms with Gasteiger partial charge in [0.05, 0.1) is 0 Å². The molecule has 0 aromatic rings. The Morgan fingerprint density at radius 1 is 0.130 bits per heavy atom. The standard InChI is InChI=1S/4C18H37O.Hf/c4*1-2-3-4-5-6-7-8-9-10-11-12-13-14-15-16-17-18-19;/h4*2-18H2,1H3;/q4*-1;+4. The third kappa shape index (κ3) is 65.7. The molecule has 4 nitrogen and oxygen atoms in total. The molecule has 0 aromatic heterocycles. The van der Waals surface area contributed by atoms with E-state index in [1.165, 1.54) is 385 Å². The topological polar surface area (TPSA) is 36.9 Å². The second kappa shape index (κ2) is 71.0. The van der Waals surface area contributed by atoms with E-state index in [1.54, 1.807) is 0 Å². The third-order valence-electron chi connectivity index (χ3n) is 17.1. The molecule has 5 heteroatoms. The Labute approximate surface area is 495 Å². The Kier molecular flexibility index (Phi) is 71.6. The van der Waals surface area contributed by atoms with Gasteiger partial charge in [-0.15, -0.1) is 0 Å². The van der Waals surface area contributed by atoms with Gasteiger partial charge in [-0.25, -0.2) is 0 Å². The van der Waals surface area contributed by atoms with Gasteiger partial charge in [0.1, 0.15) is 0 Å². The van der Waals surface area contributed by atoms with Crippen LogP contribution < -0.4 is 0 Å². The van der Waals surface area contributed by atoms with Gasteiger partial charge < -0.3 is 0 Å². The Balaban J connectivity index is 4.97. The van der Waals surface area contributed by atoms with Crippen LogP contribution in [0.5, 0.6) is 0 Å². The molecule has 0 spiro atoms. The first-order valence-corrected chi connectivity index (χ1v) is 42.7. The number of hydrogen-bond donors (Lipinski definition) is 0. The molecule has 0 heterocycles.